The number of ketones is 2. The second kappa shape index (κ2) is 5.16. The molecule has 4 heteroatoms. The summed E-state index contributed by atoms with van der Waals surface area (Å²) < 4.78 is 0. The molecular formula is C14H20O4. The molecule has 0 aromatic heterocycles. The minimum atomic E-state index is -1.22. The van der Waals surface area contributed by atoms with Gasteiger partial charge in [0.25, 0.3) is 0 Å². The fraction of sp³-hybridized carbons (Fsp3) is 0.571. The maximum atomic E-state index is 12.1. The van der Waals surface area contributed by atoms with E-state index in [0.29, 0.717) is 28.7 Å². The highest BCUT2D eigenvalue weighted by atomic mass is 16.3. The second-order valence-electron chi connectivity index (χ2n) is 5.17. The summed E-state index contributed by atoms with van der Waals surface area (Å²) in [5.74, 6) is -0.232. The molecular weight excluding hydrogens is 232 g/mol. The van der Waals surface area contributed by atoms with Crippen molar-refractivity contribution in [3.8, 4) is 0 Å². The molecule has 1 aliphatic carbocycles. The van der Waals surface area contributed by atoms with Gasteiger partial charge in [-0.1, -0.05) is 0 Å². The first-order valence-electron chi connectivity index (χ1n) is 6.01. The molecule has 0 saturated carbocycles. The molecule has 0 heterocycles. The molecule has 0 bridgehead atoms. The third-order valence-corrected chi connectivity index (χ3v) is 3.57. The van der Waals surface area contributed by atoms with Crippen LogP contribution in [0.25, 0.3) is 0 Å². The Morgan fingerprint density at radius 3 is 2.00 bits per heavy atom. The van der Waals surface area contributed by atoms with Gasteiger partial charge in [0.1, 0.15) is 0 Å². The van der Waals surface area contributed by atoms with Crippen molar-refractivity contribution in [2.24, 2.45) is 0 Å². The number of Topliss-reactive ketones (excluding diaryl/α,β-unsaturated/α-hetero) is 2. The zero-order valence-electron chi connectivity index (χ0n) is 11.3. The Balaban J connectivity index is 2.96. The highest BCUT2D eigenvalue weighted by molar-refractivity contribution is 6.24. The van der Waals surface area contributed by atoms with Gasteiger partial charge in [-0.05, 0) is 40.5 Å². The average Bonchev–Trinajstić information content (AvgIpc) is 2.34. The van der Waals surface area contributed by atoms with Crippen molar-refractivity contribution in [1.29, 1.82) is 0 Å². The summed E-state index contributed by atoms with van der Waals surface area (Å²) in [5.41, 5.74) is 0.661. The first-order valence-corrected chi connectivity index (χ1v) is 6.01. The van der Waals surface area contributed by atoms with Crippen molar-refractivity contribution in [1.82, 2.24) is 0 Å². The van der Waals surface area contributed by atoms with Gasteiger partial charge in [0.05, 0.1) is 12.2 Å². The molecule has 0 spiro atoms. The van der Waals surface area contributed by atoms with Crippen molar-refractivity contribution in [2.45, 2.75) is 46.1 Å². The smallest absolute Gasteiger partial charge is 0.185 e. The lowest BCUT2D eigenvalue weighted by atomic mass is 9.82. The number of hydrogen-bond acceptors (Lipinski definition) is 4. The number of allylic oxidation sites excluding steroid dienone is 4. The first-order chi connectivity index (χ1) is 8.21. The second-order valence-corrected chi connectivity index (χ2v) is 5.17. The summed E-state index contributed by atoms with van der Waals surface area (Å²) >= 11 is 0. The Kier molecular flexibility index (Phi) is 4.24. The summed E-state index contributed by atoms with van der Waals surface area (Å²) in [6.07, 6.45) is 0.552. The number of carbonyl (C=O) groups excluding carboxylic acids is 2. The van der Waals surface area contributed by atoms with Crippen molar-refractivity contribution in [3.63, 3.8) is 0 Å². The maximum absolute atomic E-state index is 12.1. The minimum absolute atomic E-state index is 0.106. The summed E-state index contributed by atoms with van der Waals surface area (Å²) in [5, 5.41) is 18.7. The molecule has 0 fully saturated rings. The summed E-state index contributed by atoms with van der Waals surface area (Å²) in [7, 11) is 0. The summed E-state index contributed by atoms with van der Waals surface area (Å²) in [6.45, 7) is 6.08. The molecule has 0 aromatic carbocycles. The van der Waals surface area contributed by atoms with Crippen LogP contribution >= 0.6 is 0 Å². The van der Waals surface area contributed by atoms with Crippen LogP contribution in [0.15, 0.2) is 22.3 Å². The van der Waals surface area contributed by atoms with E-state index >= 15 is 0 Å². The molecule has 0 aromatic rings. The fourth-order valence-corrected chi connectivity index (χ4v) is 1.93. The Labute approximate surface area is 107 Å². The van der Waals surface area contributed by atoms with E-state index in [1.54, 1.807) is 20.8 Å². The van der Waals surface area contributed by atoms with Gasteiger partial charge in [-0.3, -0.25) is 9.59 Å². The number of hydrogen-bond donors (Lipinski definition) is 2. The molecule has 4 nitrogen and oxygen atoms in total. The standard InChI is InChI=1S/C14H20O4/c1-8-9(2)13(17)11(10(3)12(8)16)5-6-14(4,18)7-15/h15,18H,5-7H2,1-4H3/t14-/m0/s1. The average molecular weight is 252 g/mol. The van der Waals surface area contributed by atoms with E-state index in [1.807, 2.05) is 0 Å². The Hall–Kier alpha value is -1.26. The largest absolute Gasteiger partial charge is 0.393 e. The molecule has 1 rings (SSSR count). The number of carbonyl (C=O) groups is 2. The molecule has 0 amide bonds. The van der Waals surface area contributed by atoms with Crippen LogP contribution in [0.5, 0.6) is 0 Å². The van der Waals surface area contributed by atoms with E-state index < -0.39 is 5.60 Å². The van der Waals surface area contributed by atoms with Crippen molar-refractivity contribution < 1.29 is 19.8 Å². The number of rotatable bonds is 4. The van der Waals surface area contributed by atoms with Crippen LogP contribution in [0.1, 0.15) is 40.5 Å². The molecule has 0 saturated heterocycles. The third-order valence-electron chi connectivity index (χ3n) is 3.57. The fourth-order valence-electron chi connectivity index (χ4n) is 1.93. The topological polar surface area (TPSA) is 74.6 Å². The van der Waals surface area contributed by atoms with E-state index in [1.165, 1.54) is 6.92 Å². The van der Waals surface area contributed by atoms with Crippen molar-refractivity contribution >= 4 is 11.6 Å². The van der Waals surface area contributed by atoms with Gasteiger partial charge in [0, 0.05) is 22.3 Å². The monoisotopic (exact) mass is 252 g/mol. The van der Waals surface area contributed by atoms with Gasteiger partial charge in [0.15, 0.2) is 11.6 Å². The van der Waals surface area contributed by atoms with E-state index in [4.69, 9.17) is 5.11 Å². The Bertz CT molecular complexity index is 452. The third kappa shape index (κ3) is 2.76. The summed E-state index contributed by atoms with van der Waals surface area (Å²) in [6, 6.07) is 0. The molecule has 0 aliphatic heterocycles. The lowest BCUT2D eigenvalue weighted by Gasteiger charge is -2.23. The van der Waals surface area contributed by atoms with Crippen LogP contribution in [0.2, 0.25) is 0 Å². The predicted octanol–water partition coefficient (Wildman–Crippen LogP) is 1.31. The van der Waals surface area contributed by atoms with Gasteiger partial charge in [-0.25, -0.2) is 0 Å². The minimum Gasteiger partial charge on any atom is -0.393 e. The molecule has 18 heavy (non-hydrogen) atoms. The SMILES string of the molecule is CC1=C(C)C(=O)C(CC[C@](C)(O)CO)=C(C)C1=O. The van der Waals surface area contributed by atoms with E-state index in [9.17, 15) is 14.7 Å². The molecule has 2 N–H and O–H groups in total. The van der Waals surface area contributed by atoms with Crippen LogP contribution < -0.4 is 0 Å². The van der Waals surface area contributed by atoms with Gasteiger partial charge in [-0.2, -0.15) is 0 Å². The molecule has 100 valence electrons. The number of aliphatic hydroxyl groups excluding tert-OH is 1. The lowest BCUT2D eigenvalue weighted by molar-refractivity contribution is -0.116. The van der Waals surface area contributed by atoms with E-state index in [-0.39, 0.29) is 24.6 Å². The first kappa shape index (κ1) is 14.8. The molecule has 0 unspecified atom stereocenters. The van der Waals surface area contributed by atoms with Gasteiger partial charge in [-0.15, -0.1) is 0 Å². The van der Waals surface area contributed by atoms with Crippen LogP contribution in [-0.4, -0.2) is 34.0 Å². The Morgan fingerprint density at radius 2 is 1.50 bits per heavy atom. The van der Waals surface area contributed by atoms with Crippen molar-refractivity contribution in [2.75, 3.05) is 6.61 Å². The number of aliphatic hydroxyl groups is 2. The van der Waals surface area contributed by atoms with Crippen molar-refractivity contribution in [3.05, 3.63) is 22.3 Å². The van der Waals surface area contributed by atoms with E-state index in [2.05, 4.69) is 0 Å². The van der Waals surface area contributed by atoms with Crippen LogP contribution in [0, 0.1) is 0 Å². The van der Waals surface area contributed by atoms with Crippen LogP contribution in [0.3, 0.4) is 0 Å². The molecule has 0 radical (unpaired) electrons. The van der Waals surface area contributed by atoms with Crippen LogP contribution in [0.4, 0.5) is 0 Å². The zero-order chi connectivity index (χ0) is 14.1. The highest BCUT2D eigenvalue weighted by Crippen LogP contribution is 2.28. The summed E-state index contributed by atoms with van der Waals surface area (Å²) in [4.78, 5) is 24.0. The van der Waals surface area contributed by atoms with Gasteiger partial charge >= 0.3 is 0 Å². The normalized spacial score (nSPS) is 20.6. The predicted molar refractivity (Wildman–Crippen MR) is 68.0 cm³/mol. The lowest BCUT2D eigenvalue weighted by Crippen LogP contribution is -2.30. The molecule has 1 aliphatic rings. The Morgan fingerprint density at radius 1 is 1.00 bits per heavy atom. The highest BCUT2D eigenvalue weighted by Gasteiger charge is 2.29. The van der Waals surface area contributed by atoms with Crippen LogP contribution in [-0.2, 0) is 9.59 Å². The quantitative estimate of drug-likeness (QED) is 0.740. The zero-order valence-corrected chi connectivity index (χ0v) is 11.3. The van der Waals surface area contributed by atoms with Gasteiger partial charge in [0.2, 0.25) is 0 Å². The molecule has 1 atom stereocenters. The maximum Gasteiger partial charge on any atom is 0.185 e. The van der Waals surface area contributed by atoms with E-state index in [0.717, 1.165) is 0 Å². The van der Waals surface area contributed by atoms with Gasteiger partial charge < -0.3 is 10.2 Å².